The Morgan fingerprint density at radius 2 is 1.86 bits per heavy atom. The van der Waals surface area contributed by atoms with Gasteiger partial charge in [-0.1, -0.05) is 12.5 Å². The second-order valence-electron chi connectivity index (χ2n) is 10.2. The number of allylic oxidation sites excluding steroid dienone is 2. The Morgan fingerprint density at radius 1 is 1.17 bits per heavy atom. The predicted octanol–water partition coefficient (Wildman–Crippen LogP) is 4.26. The maximum Gasteiger partial charge on any atom is 0.335 e. The molecule has 1 saturated heterocycles. The molecule has 2 bridgehead atoms. The molecule has 3 fully saturated rings. The summed E-state index contributed by atoms with van der Waals surface area (Å²) in [6, 6.07) is 0. The van der Waals surface area contributed by atoms with Crippen molar-refractivity contribution < 1.29 is 23.9 Å². The summed E-state index contributed by atoms with van der Waals surface area (Å²) in [5.74, 6) is -1.22. The van der Waals surface area contributed by atoms with Crippen molar-refractivity contribution in [2.75, 3.05) is 6.61 Å². The third-order valence-electron chi connectivity index (χ3n) is 7.44. The van der Waals surface area contributed by atoms with Crippen molar-refractivity contribution >= 4 is 17.5 Å². The molecular formula is C24H34O5. The van der Waals surface area contributed by atoms with E-state index in [4.69, 9.17) is 9.47 Å². The van der Waals surface area contributed by atoms with Crippen LogP contribution in [0.25, 0.3) is 0 Å². The molecule has 2 aliphatic carbocycles. The van der Waals surface area contributed by atoms with Gasteiger partial charge in [-0.15, -0.1) is 0 Å². The molecule has 0 aromatic heterocycles. The maximum absolute atomic E-state index is 13.5. The molecule has 29 heavy (non-hydrogen) atoms. The second-order valence-corrected chi connectivity index (χ2v) is 10.2. The maximum atomic E-state index is 13.5. The van der Waals surface area contributed by atoms with Crippen molar-refractivity contribution in [3.63, 3.8) is 0 Å². The first kappa shape index (κ1) is 21.9. The van der Waals surface area contributed by atoms with Gasteiger partial charge in [-0.2, -0.15) is 0 Å². The van der Waals surface area contributed by atoms with Crippen molar-refractivity contribution in [3.05, 3.63) is 24.0 Å². The third kappa shape index (κ3) is 4.11. The number of fused-ring (bicyclic) bond motifs is 1. The van der Waals surface area contributed by atoms with Crippen LogP contribution in [0.15, 0.2) is 24.0 Å². The van der Waals surface area contributed by atoms with Gasteiger partial charge in [0.2, 0.25) is 0 Å². The van der Waals surface area contributed by atoms with Gasteiger partial charge < -0.3 is 9.47 Å². The monoisotopic (exact) mass is 402 g/mol. The molecule has 0 N–H and O–H groups in total. The smallest absolute Gasteiger partial charge is 0.335 e. The highest BCUT2D eigenvalue weighted by atomic mass is 16.5. The van der Waals surface area contributed by atoms with Crippen LogP contribution < -0.4 is 0 Å². The van der Waals surface area contributed by atoms with E-state index < -0.39 is 11.9 Å². The fraction of sp³-hybridized carbons (Fsp3) is 0.708. The van der Waals surface area contributed by atoms with Gasteiger partial charge in [-0.3, -0.25) is 9.59 Å². The van der Waals surface area contributed by atoms with Crippen molar-refractivity contribution in [2.24, 2.45) is 35.0 Å². The SMILES string of the molecule is CC(=O)[C@H]1C(=O)[C@@H]2COC(C)(C)C3CC[C@@](C)(C[C@@H]32)[C@H]1/C=C/OC(=O)C=C(C)C. The Balaban J connectivity index is 1.95. The zero-order chi connectivity index (χ0) is 21.6. The molecule has 6 atom stereocenters. The fourth-order valence-electron chi connectivity index (χ4n) is 5.97. The second kappa shape index (κ2) is 7.82. The number of ketones is 2. The zero-order valence-corrected chi connectivity index (χ0v) is 18.5. The van der Waals surface area contributed by atoms with Crippen LogP contribution in [0.1, 0.15) is 60.8 Å². The fourth-order valence-corrected chi connectivity index (χ4v) is 5.97. The van der Waals surface area contributed by atoms with Crippen molar-refractivity contribution in [3.8, 4) is 0 Å². The summed E-state index contributed by atoms with van der Waals surface area (Å²) in [4.78, 5) is 38.0. The van der Waals surface area contributed by atoms with Gasteiger partial charge in [0.25, 0.3) is 0 Å². The topological polar surface area (TPSA) is 69.7 Å². The number of esters is 1. The molecule has 0 aromatic carbocycles. The molecule has 3 rings (SSSR count). The lowest BCUT2D eigenvalue weighted by atomic mass is 9.56. The highest BCUT2D eigenvalue weighted by molar-refractivity contribution is 6.03. The zero-order valence-electron chi connectivity index (χ0n) is 18.5. The van der Waals surface area contributed by atoms with Crippen LogP contribution in [-0.4, -0.2) is 29.7 Å². The summed E-state index contributed by atoms with van der Waals surface area (Å²) >= 11 is 0. The Labute approximate surface area is 173 Å². The van der Waals surface area contributed by atoms with Crippen LogP contribution in [0.3, 0.4) is 0 Å². The molecule has 0 radical (unpaired) electrons. The molecule has 0 amide bonds. The quantitative estimate of drug-likeness (QED) is 0.304. The van der Waals surface area contributed by atoms with Crippen LogP contribution in [0.4, 0.5) is 0 Å². The number of hydrogen-bond acceptors (Lipinski definition) is 5. The minimum absolute atomic E-state index is 0.00102. The lowest BCUT2D eigenvalue weighted by molar-refractivity contribution is -0.173. The number of rotatable bonds is 4. The third-order valence-corrected chi connectivity index (χ3v) is 7.44. The first-order valence-electron chi connectivity index (χ1n) is 10.7. The van der Waals surface area contributed by atoms with Gasteiger partial charge in [-0.25, -0.2) is 4.79 Å². The Bertz CT molecular complexity index is 757. The van der Waals surface area contributed by atoms with Gasteiger partial charge in [-0.05, 0) is 77.2 Å². The van der Waals surface area contributed by atoms with Gasteiger partial charge in [0.05, 0.1) is 24.4 Å². The molecular weight excluding hydrogens is 368 g/mol. The Kier molecular flexibility index (Phi) is 5.92. The van der Waals surface area contributed by atoms with E-state index in [0.717, 1.165) is 24.8 Å². The van der Waals surface area contributed by atoms with Crippen molar-refractivity contribution in [1.82, 2.24) is 0 Å². The largest absolute Gasteiger partial charge is 0.432 e. The Hall–Kier alpha value is -1.75. The van der Waals surface area contributed by atoms with Crippen LogP contribution in [0.2, 0.25) is 0 Å². The van der Waals surface area contributed by atoms with Crippen molar-refractivity contribution in [2.45, 2.75) is 66.4 Å². The first-order valence-corrected chi connectivity index (χ1v) is 10.7. The van der Waals surface area contributed by atoms with Crippen LogP contribution in [-0.2, 0) is 23.9 Å². The average molecular weight is 403 g/mol. The molecule has 1 heterocycles. The predicted molar refractivity (Wildman–Crippen MR) is 110 cm³/mol. The van der Waals surface area contributed by atoms with Gasteiger partial charge in [0.1, 0.15) is 11.6 Å². The van der Waals surface area contributed by atoms with Crippen LogP contribution in [0, 0.1) is 35.0 Å². The number of carbonyl (C=O) groups excluding carboxylic acids is 3. The lowest BCUT2D eigenvalue weighted by Crippen LogP contribution is -2.53. The van der Waals surface area contributed by atoms with Gasteiger partial charge in [0, 0.05) is 17.9 Å². The highest BCUT2D eigenvalue weighted by Crippen LogP contribution is 2.59. The van der Waals surface area contributed by atoms with E-state index >= 15 is 0 Å². The summed E-state index contributed by atoms with van der Waals surface area (Å²) in [6.07, 6.45) is 7.37. The van der Waals surface area contributed by atoms with Crippen molar-refractivity contribution in [1.29, 1.82) is 0 Å². The minimum atomic E-state index is -0.711. The Morgan fingerprint density at radius 3 is 2.48 bits per heavy atom. The van der Waals surface area contributed by atoms with E-state index in [9.17, 15) is 14.4 Å². The van der Waals surface area contributed by atoms with E-state index in [0.29, 0.717) is 12.5 Å². The normalized spacial score (nSPS) is 38.3. The molecule has 160 valence electrons. The molecule has 1 aliphatic heterocycles. The molecule has 2 saturated carbocycles. The summed E-state index contributed by atoms with van der Waals surface area (Å²) < 4.78 is 11.3. The van der Waals surface area contributed by atoms with Crippen LogP contribution in [0.5, 0.6) is 0 Å². The minimum Gasteiger partial charge on any atom is -0.432 e. The van der Waals surface area contributed by atoms with E-state index in [-0.39, 0.29) is 40.3 Å². The summed E-state index contributed by atoms with van der Waals surface area (Å²) in [7, 11) is 0. The van der Waals surface area contributed by atoms with E-state index in [1.54, 1.807) is 6.08 Å². The number of ether oxygens (including phenoxy) is 2. The van der Waals surface area contributed by atoms with E-state index in [2.05, 4.69) is 20.8 Å². The number of hydrogen-bond donors (Lipinski definition) is 0. The summed E-state index contributed by atoms with van der Waals surface area (Å²) in [5, 5.41) is 0. The standard InChI is InChI=1S/C24H34O5/c1-14(2)11-20(26)28-10-8-19-21(15(3)25)22(27)17-13-29-23(4,5)18-7-9-24(19,6)12-16(17)18/h8,10-11,16-19,21H,7,9,12-13H2,1-6H3/b10-8+/t16-,17-,18?,19+,21-,24+/m1/s1. The van der Waals surface area contributed by atoms with E-state index in [1.165, 1.54) is 19.3 Å². The average Bonchev–Trinajstić information content (AvgIpc) is 2.65. The molecule has 3 aliphatic rings. The molecule has 0 aromatic rings. The van der Waals surface area contributed by atoms with Gasteiger partial charge >= 0.3 is 5.97 Å². The molecule has 5 nitrogen and oxygen atoms in total. The lowest BCUT2D eigenvalue weighted by Gasteiger charge is -2.53. The number of Topliss-reactive ketones (excluding diaryl/α,β-unsaturated/α-hetero) is 2. The van der Waals surface area contributed by atoms with Crippen LogP contribution >= 0.6 is 0 Å². The summed E-state index contributed by atoms with van der Waals surface area (Å²) in [6.45, 7) is 12.0. The first-order chi connectivity index (χ1) is 13.5. The highest BCUT2D eigenvalue weighted by Gasteiger charge is 2.59. The molecule has 0 spiro atoms. The van der Waals surface area contributed by atoms with E-state index in [1.807, 2.05) is 13.8 Å². The molecule has 1 unspecified atom stereocenters. The number of carbonyl (C=O) groups is 3. The summed E-state index contributed by atoms with van der Waals surface area (Å²) in [5.41, 5.74) is 0.422. The molecule has 5 heteroatoms. The van der Waals surface area contributed by atoms with Gasteiger partial charge in [0.15, 0.2) is 0 Å².